The van der Waals surface area contributed by atoms with Crippen molar-refractivity contribution in [2.75, 3.05) is 39.9 Å². The maximum Gasteiger partial charge on any atom is 0.146 e. The van der Waals surface area contributed by atoms with Gasteiger partial charge in [-0.05, 0) is 7.05 Å². The lowest BCUT2D eigenvalue weighted by molar-refractivity contribution is -0.119. The Bertz CT molecular complexity index is 184. The summed E-state index contributed by atoms with van der Waals surface area (Å²) in [5.74, 6) is 0.281. The van der Waals surface area contributed by atoms with Crippen LogP contribution in [0.2, 0.25) is 0 Å². The molecule has 0 heterocycles. The quantitative estimate of drug-likeness (QED) is 0.567. The molecule has 4 heteroatoms. The number of hydrogen-bond acceptors (Lipinski definition) is 4. The number of hydrogen-bond donors (Lipinski definition) is 1. The first-order valence-corrected chi connectivity index (χ1v) is 6.07. The summed E-state index contributed by atoms with van der Waals surface area (Å²) in [5.41, 5.74) is 0. The average molecular weight is 230 g/mol. The number of carbonyl (C=O) groups excluding carboxylic acids is 1. The second-order valence-corrected chi connectivity index (χ2v) is 4.35. The Hall–Kier alpha value is -0.450. The van der Waals surface area contributed by atoms with Crippen LogP contribution >= 0.6 is 0 Å². The molecule has 0 spiro atoms. The van der Waals surface area contributed by atoms with Crippen molar-refractivity contribution < 1.29 is 9.53 Å². The first-order valence-electron chi connectivity index (χ1n) is 6.07. The number of Topliss-reactive ketones (excluding diaryl/α,β-unsaturated/α-hetero) is 1. The van der Waals surface area contributed by atoms with E-state index in [1.807, 2.05) is 18.9 Å². The summed E-state index contributed by atoms with van der Waals surface area (Å²) < 4.78 is 5.45. The second kappa shape index (κ2) is 9.75. The first kappa shape index (κ1) is 15.6. The Labute approximate surface area is 99.3 Å². The Balaban J connectivity index is 3.27. The van der Waals surface area contributed by atoms with Crippen LogP contribution in [0.25, 0.3) is 0 Å². The Morgan fingerprint density at radius 1 is 1.38 bits per heavy atom. The van der Waals surface area contributed by atoms with Gasteiger partial charge in [0.15, 0.2) is 0 Å². The third-order valence-electron chi connectivity index (χ3n) is 2.26. The maximum absolute atomic E-state index is 11.1. The van der Waals surface area contributed by atoms with Crippen LogP contribution < -0.4 is 5.32 Å². The number of likely N-dealkylation sites (N-methyl/N-ethyl adjacent to an activating group) is 1. The SMILES string of the molecule is CCC(=O)CN(C)CCOCCNC(C)C. The summed E-state index contributed by atoms with van der Waals surface area (Å²) in [6, 6.07) is 0.508. The smallest absolute Gasteiger partial charge is 0.146 e. The molecular weight excluding hydrogens is 204 g/mol. The first-order chi connectivity index (χ1) is 7.56. The molecule has 0 fully saturated rings. The van der Waals surface area contributed by atoms with Crippen LogP contribution in [0.4, 0.5) is 0 Å². The Kier molecular flexibility index (Phi) is 9.48. The van der Waals surface area contributed by atoms with E-state index in [9.17, 15) is 4.79 Å². The predicted molar refractivity (Wildman–Crippen MR) is 66.8 cm³/mol. The van der Waals surface area contributed by atoms with Gasteiger partial charge < -0.3 is 10.1 Å². The zero-order chi connectivity index (χ0) is 12.4. The fourth-order valence-corrected chi connectivity index (χ4v) is 1.23. The molecule has 0 aromatic carbocycles. The molecule has 1 N–H and O–H groups in total. The fraction of sp³-hybridized carbons (Fsp3) is 0.917. The molecule has 0 saturated carbocycles. The third kappa shape index (κ3) is 10.1. The molecule has 4 nitrogen and oxygen atoms in total. The van der Waals surface area contributed by atoms with Crippen molar-refractivity contribution in [1.82, 2.24) is 10.2 Å². The van der Waals surface area contributed by atoms with Crippen molar-refractivity contribution in [3.8, 4) is 0 Å². The van der Waals surface area contributed by atoms with Crippen molar-refractivity contribution in [3.63, 3.8) is 0 Å². The highest BCUT2D eigenvalue weighted by atomic mass is 16.5. The standard InChI is InChI=1S/C12H26N2O2/c1-5-12(15)10-14(4)7-9-16-8-6-13-11(2)3/h11,13H,5-10H2,1-4H3. The summed E-state index contributed by atoms with van der Waals surface area (Å²) in [6.45, 7) is 9.77. The highest BCUT2D eigenvalue weighted by molar-refractivity contribution is 5.80. The normalized spacial score (nSPS) is 11.4. The van der Waals surface area contributed by atoms with Crippen LogP contribution in [0.3, 0.4) is 0 Å². The van der Waals surface area contributed by atoms with Gasteiger partial charge >= 0.3 is 0 Å². The van der Waals surface area contributed by atoms with E-state index in [4.69, 9.17) is 4.74 Å². The predicted octanol–water partition coefficient (Wildman–Crippen LogP) is 0.912. The van der Waals surface area contributed by atoms with Gasteiger partial charge in [0.2, 0.25) is 0 Å². The molecule has 0 unspecified atom stereocenters. The van der Waals surface area contributed by atoms with Gasteiger partial charge in [0.25, 0.3) is 0 Å². The zero-order valence-corrected chi connectivity index (χ0v) is 11.1. The zero-order valence-electron chi connectivity index (χ0n) is 11.1. The van der Waals surface area contributed by atoms with Crippen molar-refractivity contribution in [2.24, 2.45) is 0 Å². The van der Waals surface area contributed by atoms with E-state index in [2.05, 4.69) is 19.2 Å². The Morgan fingerprint density at radius 2 is 2.06 bits per heavy atom. The molecule has 0 bridgehead atoms. The van der Waals surface area contributed by atoms with Gasteiger partial charge in [-0.15, -0.1) is 0 Å². The van der Waals surface area contributed by atoms with Gasteiger partial charge in [-0.3, -0.25) is 9.69 Å². The van der Waals surface area contributed by atoms with E-state index >= 15 is 0 Å². The Morgan fingerprint density at radius 3 is 2.62 bits per heavy atom. The van der Waals surface area contributed by atoms with Crippen molar-refractivity contribution in [2.45, 2.75) is 33.2 Å². The van der Waals surface area contributed by atoms with E-state index in [0.717, 1.165) is 19.7 Å². The van der Waals surface area contributed by atoms with Gasteiger partial charge in [-0.25, -0.2) is 0 Å². The van der Waals surface area contributed by atoms with Gasteiger partial charge in [0.05, 0.1) is 19.8 Å². The maximum atomic E-state index is 11.1. The van der Waals surface area contributed by atoms with Crippen LogP contribution in [0.1, 0.15) is 27.2 Å². The topological polar surface area (TPSA) is 41.6 Å². The molecular formula is C12H26N2O2. The molecule has 0 aliphatic carbocycles. The molecule has 0 aromatic rings. The largest absolute Gasteiger partial charge is 0.379 e. The fourth-order valence-electron chi connectivity index (χ4n) is 1.23. The molecule has 96 valence electrons. The second-order valence-electron chi connectivity index (χ2n) is 4.35. The molecule has 0 aliphatic rings. The number of ketones is 1. The average Bonchev–Trinajstić information content (AvgIpc) is 2.22. The van der Waals surface area contributed by atoms with Crippen LogP contribution in [0.15, 0.2) is 0 Å². The summed E-state index contributed by atoms with van der Waals surface area (Å²) in [7, 11) is 1.95. The summed E-state index contributed by atoms with van der Waals surface area (Å²) in [4.78, 5) is 13.1. The van der Waals surface area contributed by atoms with E-state index in [0.29, 0.717) is 25.6 Å². The van der Waals surface area contributed by atoms with Gasteiger partial charge in [0.1, 0.15) is 5.78 Å². The van der Waals surface area contributed by atoms with Gasteiger partial charge in [-0.2, -0.15) is 0 Å². The van der Waals surface area contributed by atoms with Crippen LogP contribution in [0, 0.1) is 0 Å². The third-order valence-corrected chi connectivity index (χ3v) is 2.26. The lowest BCUT2D eigenvalue weighted by atomic mass is 10.3. The van der Waals surface area contributed by atoms with Crippen molar-refractivity contribution in [3.05, 3.63) is 0 Å². The highest BCUT2D eigenvalue weighted by Crippen LogP contribution is 1.88. The number of ether oxygens (including phenoxy) is 1. The number of nitrogens with one attached hydrogen (secondary N) is 1. The number of nitrogens with zero attached hydrogens (tertiary/aromatic N) is 1. The summed E-state index contributed by atoms with van der Waals surface area (Å²) >= 11 is 0. The van der Waals surface area contributed by atoms with E-state index in [1.54, 1.807) is 0 Å². The lowest BCUT2D eigenvalue weighted by Crippen LogP contribution is -2.30. The monoisotopic (exact) mass is 230 g/mol. The van der Waals surface area contributed by atoms with Gasteiger partial charge in [-0.1, -0.05) is 20.8 Å². The molecule has 0 radical (unpaired) electrons. The van der Waals surface area contributed by atoms with Crippen molar-refractivity contribution >= 4 is 5.78 Å². The minimum absolute atomic E-state index is 0.281. The molecule has 0 amide bonds. The molecule has 0 aromatic heterocycles. The lowest BCUT2D eigenvalue weighted by Gasteiger charge is -2.15. The van der Waals surface area contributed by atoms with Crippen molar-refractivity contribution in [1.29, 1.82) is 0 Å². The van der Waals surface area contributed by atoms with E-state index in [1.165, 1.54) is 0 Å². The molecule has 0 saturated heterocycles. The van der Waals surface area contributed by atoms with Crippen LogP contribution in [-0.2, 0) is 9.53 Å². The van der Waals surface area contributed by atoms with Crippen LogP contribution in [-0.4, -0.2) is 56.6 Å². The van der Waals surface area contributed by atoms with E-state index < -0.39 is 0 Å². The minimum atomic E-state index is 0.281. The van der Waals surface area contributed by atoms with Crippen LogP contribution in [0.5, 0.6) is 0 Å². The summed E-state index contributed by atoms with van der Waals surface area (Å²) in [6.07, 6.45) is 0.615. The molecule has 0 rings (SSSR count). The molecule has 0 aliphatic heterocycles. The number of carbonyl (C=O) groups is 1. The number of rotatable bonds is 10. The minimum Gasteiger partial charge on any atom is -0.379 e. The van der Waals surface area contributed by atoms with Gasteiger partial charge in [0, 0.05) is 25.6 Å². The highest BCUT2D eigenvalue weighted by Gasteiger charge is 2.03. The van der Waals surface area contributed by atoms with E-state index in [-0.39, 0.29) is 5.78 Å². The molecule has 0 atom stereocenters. The summed E-state index contributed by atoms with van der Waals surface area (Å²) in [5, 5.41) is 3.28. The molecule has 16 heavy (non-hydrogen) atoms.